The summed E-state index contributed by atoms with van der Waals surface area (Å²) in [7, 11) is 0. The smallest absolute Gasteiger partial charge is 0.243 e. The van der Waals surface area contributed by atoms with Crippen molar-refractivity contribution in [2.75, 3.05) is 5.32 Å². The minimum absolute atomic E-state index is 0.226. The predicted octanol–water partition coefficient (Wildman–Crippen LogP) is 2.29. The van der Waals surface area contributed by atoms with Gasteiger partial charge < -0.3 is 11.1 Å². The molecule has 0 heterocycles. The van der Waals surface area contributed by atoms with Crippen molar-refractivity contribution in [1.29, 1.82) is 0 Å². The first-order valence-electron chi connectivity index (χ1n) is 5.86. The van der Waals surface area contributed by atoms with Crippen molar-refractivity contribution < 1.29 is 4.79 Å². The first-order valence-corrected chi connectivity index (χ1v) is 5.86. The van der Waals surface area contributed by atoms with Gasteiger partial charge in [0.1, 0.15) is 5.54 Å². The van der Waals surface area contributed by atoms with E-state index in [2.05, 4.69) is 5.32 Å². The molecule has 0 radical (unpaired) electrons. The van der Waals surface area contributed by atoms with E-state index in [1.807, 2.05) is 30.3 Å². The monoisotopic (exact) mass is 218 g/mol. The van der Waals surface area contributed by atoms with Gasteiger partial charge in [0.15, 0.2) is 0 Å². The molecule has 0 aliphatic heterocycles. The van der Waals surface area contributed by atoms with E-state index in [1.54, 1.807) is 0 Å². The number of carbonyl (C=O) groups excluding carboxylic acids is 1. The third-order valence-corrected chi connectivity index (χ3v) is 3.34. The molecule has 0 spiro atoms. The Kier molecular flexibility index (Phi) is 3.13. The minimum Gasteiger partial charge on any atom is -0.371 e. The second-order valence-electron chi connectivity index (χ2n) is 4.50. The topological polar surface area (TPSA) is 55.1 Å². The molecule has 1 saturated carbocycles. The molecule has 2 rings (SSSR count). The highest BCUT2D eigenvalue weighted by Gasteiger charge is 2.37. The molecule has 16 heavy (non-hydrogen) atoms. The average molecular weight is 218 g/mol. The first-order chi connectivity index (χ1) is 7.73. The minimum atomic E-state index is -0.528. The zero-order valence-corrected chi connectivity index (χ0v) is 9.41. The summed E-state index contributed by atoms with van der Waals surface area (Å²) in [4.78, 5) is 11.6. The number of benzene rings is 1. The van der Waals surface area contributed by atoms with Crippen LogP contribution in [0.25, 0.3) is 0 Å². The Morgan fingerprint density at radius 1 is 1.12 bits per heavy atom. The molecule has 1 aromatic carbocycles. The van der Waals surface area contributed by atoms with Crippen LogP contribution in [0.5, 0.6) is 0 Å². The van der Waals surface area contributed by atoms with Gasteiger partial charge in [0.2, 0.25) is 5.91 Å². The highest BCUT2D eigenvalue weighted by molar-refractivity contribution is 5.88. The lowest BCUT2D eigenvalue weighted by Crippen LogP contribution is -2.51. The Morgan fingerprint density at radius 2 is 1.75 bits per heavy atom. The summed E-state index contributed by atoms with van der Waals surface area (Å²) in [5, 5.41) is 3.32. The number of primary amides is 1. The molecule has 1 fully saturated rings. The molecule has 1 aliphatic carbocycles. The number of nitrogens with two attached hydrogens (primary N) is 1. The molecular weight excluding hydrogens is 200 g/mol. The number of anilines is 1. The molecule has 0 bridgehead atoms. The van der Waals surface area contributed by atoms with Crippen LogP contribution < -0.4 is 11.1 Å². The van der Waals surface area contributed by atoms with Crippen molar-refractivity contribution in [3.63, 3.8) is 0 Å². The van der Waals surface area contributed by atoms with Crippen molar-refractivity contribution >= 4 is 11.6 Å². The third-order valence-electron chi connectivity index (χ3n) is 3.34. The molecule has 86 valence electrons. The molecule has 3 nitrogen and oxygen atoms in total. The summed E-state index contributed by atoms with van der Waals surface area (Å²) in [6, 6.07) is 9.82. The summed E-state index contributed by atoms with van der Waals surface area (Å²) in [6.07, 6.45) is 5.03. The van der Waals surface area contributed by atoms with Crippen molar-refractivity contribution in [1.82, 2.24) is 0 Å². The van der Waals surface area contributed by atoms with Crippen LogP contribution in [0.2, 0.25) is 0 Å². The van der Waals surface area contributed by atoms with Crippen molar-refractivity contribution in [3.05, 3.63) is 30.3 Å². The van der Waals surface area contributed by atoms with Crippen LogP contribution in [-0.2, 0) is 4.79 Å². The van der Waals surface area contributed by atoms with Gasteiger partial charge >= 0.3 is 0 Å². The molecule has 3 heteroatoms. The fourth-order valence-electron chi connectivity index (χ4n) is 2.39. The summed E-state index contributed by atoms with van der Waals surface area (Å²) in [5.41, 5.74) is 6.00. The van der Waals surface area contributed by atoms with Crippen molar-refractivity contribution in [2.24, 2.45) is 5.73 Å². The van der Waals surface area contributed by atoms with E-state index < -0.39 is 5.54 Å². The standard InChI is InChI=1S/C13H18N2O/c14-12(16)13(9-5-2-6-10-13)15-11-7-3-1-4-8-11/h1,3-4,7-8,15H,2,5-6,9-10H2,(H2,14,16). The fraction of sp³-hybridized carbons (Fsp3) is 0.462. The summed E-state index contributed by atoms with van der Waals surface area (Å²) < 4.78 is 0. The normalized spacial score (nSPS) is 19.0. The number of amides is 1. The van der Waals surface area contributed by atoms with Crippen LogP contribution in [0.4, 0.5) is 5.69 Å². The third kappa shape index (κ3) is 2.18. The second-order valence-corrected chi connectivity index (χ2v) is 4.50. The van der Waals surface area contributed by atoms with Crippen molar-refractivity contribution in [3.8, 4) is 0 Å². The van der Waals surface area contributed by atoms with Crippen LogP contribution in [0.15, 0.2) is 30.3 Å². The van der Waals surface area contributed by atoms with E-state index in [9.17, 15) is 4.79 Å². The maximum Gasteiger partial charge on any atom is 0.243 e. The molecule has 0 aromatic heterocycles. The van der Waals surface area contributed by atoms with Gasteiger partial charge in [-0.25, -0.2) is 0 Å². The summed E-state index contributed by atoms with van der Waals surface area (Å²) >= 11 is 0. The van der Waals surface area contributed by atoms with Gasteiger partial charge in [0.25, 0.3) is 0 Å². The molecule has 1 aliphatic rings. The number of para-hydroxylation sites is 1. The Labute approximate surface area is 96.0 Å². The van der Waals surface area contributed by atoms with Gasteiger partial charge in [-0.15, -0.1) is 0 Å². The van der Waals surface area contributed by atoms with E-state index in [0.717, 1.165) is 31.4 Å². The average Bonchev–Trinajstić information content (AvgIpc) is 2.31. The summed E-state index contributed by atoms with van der Waals surface area (Å²) in [6.45, 7) is 0. The number of carbonyl (C=O) groups is 1. The van der Waals surface area contributed by atoms with Gasteiger partial charge in [-0.3, -0.25) is 4.79 Å². The molecule has 1 amide bonds. The number of nitrogens with one attached hydrogen (secondary N) is 1. The van der Waals surface area contributed by atoms with Crippen LogP contribution in [0.1, 0.15) is 32.1 Å². The Hall–Kier alpha value is -1.51. The maximum absolute atomic E-state index is 11.6. The number of hydrogen-bond donors (Lipinski definition) is 2. The van der Waals surface area contributed by atoms with Crippen LogP contribution >= 0.6 is 0 Å². The molecule has 3 N–H and O–H groups in total. The van der Waals surface area contributed by atoms with Crippen LogP contribution in [0, 0.1) is 0 Å². The molecule has 1 aromatic rings. The van der Waals surface area contributed by atoms with Gasteiger partial charge in [0.05, 0.1) is 0 Å². The zero-order valence-electron chi connectivity index (χ0n) is 9.41. The van der Waals surface area contributed by atoms with E-state index in [1.165, 1.54) is 6.42 Å². The Balaban J connectivity index is 2.17. The molecular formula is C13H18N2O. The van der Waals surface area contributed by atoms with E-state index in [0.29, 0.717) is 0 Å². The number of hydrogen-bond acceptors (Lipinski definition) is 2. The largest absolute Gasteiger partial charge is 0.371 e. The van der Waals surface area contributed by atoms with Crippen LogP contribution in [-0.4, -0.2) is 11.4 Å². The quantitative estimate of drug-likeness (QED) is 0.817. The van der Waals surface area contributed by atoms with Gasteiger partial charge in [-0.1, -0.05) is 37.5 Å². The molecule has 0 atom stereocenters. The zero-order chi connectivity index (χ0) is 11.4. The SMILES string of the molecule is NC(=O)C1(Nc2ccccc2)CCCCC1. The Morgan fingerprint density at radius 3 is 2.31 bits per heavy atom. The van der Waals surface area contributed by atoms with Gasteiger partial charge in [-0.2, -0.15) is 0 Å². The predicted molar refractivity (Wildman–Crippen MR) is 65.1 cm³/mol. The van der Waals surface area contributed by atoms with Gasteiger partial charge in [-0.05, 0) is 25.0 Å². The highest BCUT2D eigenvalue weighted by atomic mass is 16.1. The lowest BCUT2D eigenvalue weighted by Gasteiger charge is -2.36. The van der Waals surface area contributed by atoms with E-state index >= 15 is 0 Å². The Bertz CT molecular complexity index is 355. The second kappa shape index (κ2) is 4.56. The molecule has 0 unspecified atom stereocenters. The molecule has 0 saturated heterocycles. The fourth-order valence-corrected chi connectivity index (χ4v) is 2.39. The highest BCUT2D eigenvalue weighted by Crippen LogP contribution is 2.31. The van der Waals surface area contributed by atoms with E-state index in [4.69, 9.17) is 5.73 Å². The van der Waals surface area contributed by atoms with E-state index in [-0.39, 0.29) is 5.91 Å². The lowest BCUT2D eigenvalue weighted by atomic mass is 9.81. The lowest BCUT2D eigenvalue weighted by molar-refractivity contribution is -0.123. The first kappa shape index (κ1) is 11.0. The van der Waals surface area contributed by atoms with Crippen LogP contribution in [0.3, 0.4) is 0 Å². The van der Waals surface area contributed by atoms with Crippen molar-refractivity contribution in [2.45, 2.75) is 37.6 Å². The number of rotatable bonds is 3. The maximum atomic E-state index is 11.6. The van der Waals surface area contributed by atoms with Gasteiger partial charge in [0, 0.05) is 5.69 Å². The summed E-state index contributed by atoms with van der Waals surface area (Å²) in [5.74, 6) is -0.226.